The first kappa shape index (κ1) is 15.8. The number of hydrogen-bond acceptors (Lipinski definition) is 7. The molecule has 5 nitrogen and oxygen atoms in total. The summed E-state index contributed by atoms with van der Waals surface area (Å²) in [6.07, 6.45) is 4.82. The Labute approximate surface area is 147 Å². The van der Waals surface area contributed by atoms with E-state index in [0.29, 0.717) is 10.9 Å². The zero-order valence-electron chi connectivity index (χ0n) is 13.5. The molecular formula is C17H16N3O2S2-. The molecule has 0 unspecified atom stereocenters. The number of fused-ring (bicyclic) bond motifs is 5. The summed E-state index contributed by atoms with van der Waals surface area (Å²) in [6.45, 7) is 4.36. The van der Waals surface area contributed by atoms with Gasteiger partial charge in [0.1, 0.15) is 16.2 Å². The minimum absolute atomic E-state index is 0.108. The molecule has 1 aliphatic rings. The van der Waals surface area contributed by atoms with E-state index in [1.54, 1.807) is 11.3 Å². The van der Waals surface area contributed by atoms with Crippen LogP contribution in [-0.4, -0.2) is 26.7 Å². The average molecular weight is 358 g/mol. The number of carboxylic acid groups (broad SMARTS) is 1. The summed E-state index contributed by atoms with van der Waals surface area (Å²) in [6, 6.07) is 0. The number of aromatic nitrogens is 3. The van der Waals surface area contributed by atoms with E-state index < -0.39 is 5.97 Å². The van der Waals surface area contributed by atoms with E-state index in [1.165, 1.54) is 34.9 Å². The van der Waals surface area contributed by atoms with Crippen molar-refractivity contribution in [3.05, 3.63) is 23.1 Å². The minimum Gasteiger partial charge on any atom is -0.549 e. The molecule has 4 rings (SSSR count). The lowest BCUT2D eigenvalue weighted by Crippen LogP contribution is -2.24. The number of carbonyl (C=O) groups excluding carboxylic acids is 1. The summed E-state index contributed by atoms with van der Waals surface area (Å²) >= 11 is 2.75. The summed E-state index contributed by atoms with van der Waals surface area (Å²) in [5, 5.41) is 12.6. The van der Waals surface area contributed by atoms with E-state index in [2.05, 4.69) is 23.8 Å². The van der Waals surface area contributed by atoms with Gasteiger partial charge in [-0.1, -0.05) is 25.6 Å². The fourth-order valence-corrected chi connectivity index (χ4v) is 5.37. The zero-order valence-corrected chi connectivity index (χ0v) is 15.1. The maximum absolute atomic E-state index is 10.8. The number of carboxylic acids is 1. The lowest BCUT2D eigenvalue weighted by molar-refractivity contribution is -0.301. The fraction of sp³-hybridized carbons (Fsp3) is 0.412. The van der Waals surface area contributed by atoms with E-state index >= 15 is 0 Å². The van der Waals surface area contributed by atoms with Crippen LogP contribution in [0.3, 0.4) is 0 Å². The summed E-state index contributed by atoms with van der Waals surface area (Å²) in [4.78, 5) is 25.5. The highest BCUT2D eigenvalue weighted by molar-refractivity contribution is 8.00. The van der Waals surface area contributed by atoms with Gasteiger partial charge in [0.05, 0.1) is 16.2 Å². The first-order valence-corrected chi connectivity index (χ1v) is 9.78. The Hall–Kier alpha value is -1.73. The van der Waals surface area contributed by atoms with Crippen molar-refractivity contribution in [1.29, 1.82) is 0 Å². The third-order valence-corrected chi connectivity index (χ3v) is 6.52. The van der Waals surface area contributed by atoms with Crippen molar-refractivity contribution in [2.45, 2.75) is 44.1 Å². The number of carbonyl (C=O) groups is 1. The number of hydrogen-bond donors (Lipinski definition) is 0. The zero-order chi connectivity index (χ0) is 16.8. The van der Waals surface area contributed by atoms with Crippen molar-refractivity contribution in [2.24, 2.45) is 0 Å². The van der Waals surface area contributed by atoms with Crippen molar-refractivity contribution >= 4 is 49.5 Å². The van der Waals surface area contributed by atoms with Crippen molar-refractivity contribution in [2.75, 3.05) is 5.75 Å². The predicted molar refractivity (Wildman–Crippen MR) is 94.6 cm³/mol. The van der Waals surface area contributed by atoms with Gasteiger partial charge in [-0.25, -0.2) is 15.0 Å². The second-order valence-electron chi connectivity index (χ2n) is 6.26. The van der Waals surface area contributed by atoms with Gasteiger partial charge in [0.15, 0.2) is 0 Å². The van der Waals surface area contributed by atoms with Crippen LogP contribution in [0.15, 0.2) is 11.4 Å². The molecule has 0 atom stereocenters. The quantitative estimate of drug-likeness (QED) is 0.527. The van der Waals surface area contributed by atoms with Crippen LogP contribution in [0.25, 0.3) is 20.4 Å². The molecule has 7 heteroatoms. The normalized spacial score (nSPS) is 14.0. The number of rotatable bonds is 4. The Kier molecular flexibility index (Phi) is 3.92. The second kappa shape index (κ2) is 5.97. The minimum atomic E-state index is -1.09. The Morgan fingerprint density at radius 3 is 2.88 bits per heavy atom. The smallest absolute Gasteiger partial charge is 0.126 e. The molecule has 1 aliphatic carbocycles. The molecule has 0 fully saturated rings. The van der Waals surface area contributed by atoms with E-state index in [0.717, 1.165) is 39.7 Å². The SMILES string of the molecule is CC(C)c1nc2sc3c(SCC(=O)[O-])ncnc3c2c2c1CCC2. The van der Waals surface area contributed by atoms with E-state index in [4.69, 9.17) is 4.98 Å². The van der Waals surface area contributed by atoms with Crippen LogP contribution in [0, 0.1) is 0 Å². The molecule has 24 heavy (non-hydrogen) atoms. The number of pyridine rings is 1. The number of thioether (sulfide) groups is 1. The van der Waals surface area contributed by atoms with Crippen molar-refractivity contribution in [3.8, 4) is 0 Å². The lowest BCUT2D eigenvalue weighted by atomic mass is 9.99. The molecule has 0 aliphatic heterocycles. The highest BCUT2D eigenvalue weighted by Gasteiger charge is 2.25. The van der Waals surface area contributed by atoms with E-state index in [-0.39, 0.29) is 5.75 Å². The first-order valence-electron chi connectivity index (χ1n) is 7.97. The predicted octanol–water partition coefficient (Wildman–Crippen LogP) is 2.69. The van der Waals surface area contributed by atoms with Crippen molar-refractivity contribution in [1.82, 2.24) is 15.0 Å². The number of aliphatic carboxylic acids is 1. The maximum atomic E-state index is 10.8. The number of aryl methyl sites for hydroxylation is 1. The molecule has 0 spiro atoms. The largest absolute Gasteiger partial charge is 0.549 e. The van der Waals surface area contributed by atoms with Crippen LogP contribution in [0.5, 0.6) is 0 Å². The molecule has 0 saturated carbocycles. The summed E-state index contributed by atoms with van der Waals surface area (Å²) < 4.78 is 0.932. The third-order valence-electron chi connectivity index (χ3n) is 4.34. The maximum Gasteiger partial charge on any atom is 0.126 e. The van der Waals surface area contributed by atoms with Crippen molar-refractivity contribution < 1.29 is 9.90 Å². The van der Waals surface area contributed by atoms with Crippen LogP contribution in [0.2, 0.25) is 0 Å². The van der Waals surface area contributed by atoms with Gasteiger partial charge in [-0.05, 0) is 36.3 Å². The van der Waals surface area contributed by atoms with Gasteiger partial charge in [-0.2, -0.15) is 0 Å². The topological polar surface area (TPSA) is 78.8 Å². The van der Waals surface area contributed by atoms with Crippen LogP contribution >= 0.6 is 23.1 Å². The molecule has 0 radical (unpaired) electrons. The third kappa shape index (κ3) is 2.46. The molecule has 0 amide bonds. The van der Waals surface area contributed by atoms with Crippen molar-refractivity contribution in [3.63, 3.8) is 0 Å². The van der Waals surface area contributed by atoms with Gasteiger partial charge < -0.3 is 9.90 Å². The highest BCUT2D eigenvalue weighted by Crippen LogP contribution is 2.42. The molecular weight excluding hydrogens is 342 g/mol. The number of thiophene rings is 1. The van der Waals surface area contributed by atoms with Gasteiger partial charge >= 0.3 is 0 Å². The monoisotopic (exact) mass is 358 g/mol. The molecule has 3 aromatic heterocycles. The van der Waals surface area contributed by atoms with Crippen LogP contribution in [-0.2, 0) is 17.6 Å². The molecule has 124 valence electrons. The van der Waals surface area contributed by atoms with E-state index in [1.807, 2.05) is 0 Å². The van der Waals surface area contributed by atoms with Gasteiger partial charge in [-0.3, -0.25) is 0 Å². The molecule has 3 aromatic rings. The summed E-state index contributed by atoms with van der Waals surface area (Å²) in [5.74, 6) is -0.804. The van der Waals surface area contributed by atoms with Gasteiger partial charge in [0.2, 0.25) is 0 Å². The molecule has 0 N–H and O–H groups in total. The Balaban J connectivity index is 1.98. The summed E-state index contributed by atoms with van der Waals surface area (Å²) in [7, 11) is 0. The number of nitrogens with zero attached hydrogens (tertiary/aromatic N) is 3. The highest BCUT2D eigenvalue weighted by atomic mass is 32.2. The Morgan fingerprint density at radius 1 is 1.33 bits per heavy atom. The first-order chi connectivity index (χ1) is 11.6. The van der Waals surface area contributed by atoms with Crippen LogP contribution in [0.4, 0.5) is 0 Å². The molecule has 0 bridgehead atoms. The standard InChI is InChI=1S/C17H17N3O2S2/c1-8(2)13-10-5-3-4-9(10)12-14-15(24-16(12)20-13)17(19-7-18-14)23-6-11(21)22/h7-8H,3-6H2,1-2H3,(H,21,22)/p-1. The van der Waals surface area contributed by atoms with Crippen LogP contribution in [0.1, 0.15) is 43.0 Å². The van der Waals surface area contributed by atoms with Gasteiger partial charge in [0, 0.05) is 16.8 Å². The summed E-state index contributed by atoms with van der Waals surface area (Å²) in [5.41, 5.74) is 4.87. The lowest BCUT2D eigenvalue weighted by Gasteiger charge is -2.11. The Morgan fingerprint density at radius 2 is 2.12 bits per heavy atom. The molecule has 3 heterocycles. The van der Waals surface area contributed by atoms with Crippen LogP contribution < -0.4 is 5.11 Å². The van der Waals surface area contributed by atoms with E-state index in [9.17, 15) is 9.90 Å². The molecule has 0 aromatic carbocycles. The van der Waals surface area contributed by atoms with Gasteiger partial charge in [-0.15, -0.1) is 11.3 Å². The second-order valence-corrected chi connectivity index (χ2v) is 8.22. The average Bonchev–Trinajstić information content (AvgIpc) is 3.15. The fourth-order valence-electron chi connectivity index (χ4n) is 3.41. The Bertz CT molecular complexity index is 966. The van der Waals surface area contributed by atoms with Gasteiger partial charge in [0.25, 0.3) is 0 Å². The molecule has 0 saturated heterocycles.